The van der Waals surface area contributed by atoms with Gasteiger partial charge >= 0.3 is 0 Å². The van der Waals surface area contributed by atoms with E-state index in [0.717, 1.165) is 29.4 Å². The van der Waals surface area contributed by atoms with E-state index < -0.39 is 0 Å². The van der Waals surface area contributed by atoms with E-state index >= 15 is 0 Å². The molecule has 1 unspecified atom stereocenters. The Hall–Kier alpha value is -1.41. The standard InChI is InChI=1S/C13H20N4O2S2/c1-7(18)16-8-4-5-17(6-8)13-11(20-3)9(14)10(21-13)12(19)15-2/h8H,4-6,14H2,1-3H3,(H,15,19)(H,16,18). The Morgan fingerprint density at radius 3 is 2.76 bits per heavy atom. The average molecular weight is 328 g/mol. The molecule has 116 valence electrons. The molecular formula is C13H20N4O2S2. The van der Waals surface area contributed by atoms with Gasteiger partial charge in [0.1, 0.15) is 9.88 Å². The molecule has 2 heterocycles. The van der Waals surface area contributed by atoms with Gasteiger partial charge in [-0.25, -0.2) is 0 Å². The minimum absolute atomic E-state index is 0.0105. The van der Waals surface area contributed by atoms with Gasteiger partial charge in [0.25, 0.3) is 5.91 Å². The van der Waals surface area contributed by atoms with Crippen LogP contribution in [0.3, 0.4) is 0 Å². The van der Waals surface area contributed by atoms with E-state index in [4.69, 9.17) is 5.73 Å². The Kier molecular flexibility index (Phi) is 5.00. The lowest BCUT2D eigenvalue weighted by molar-refractivity contribution is -0.119. The van der Waals surface area contributed by atoms with Crippen molar-refractivity contribution in [2.24, 2.45) is 0 Å². The first kappa shape index (κ1) is 16.0. The lowest BCUT2D eigenvalue weighted by Crippen LogP contribution is -2.35. The fourth-order valence-corrected chi connectivity index (χ4v) is 4.62. The van der Waals surface area contributed by atoms with Gasteiger partial charge in [-0.1, -0.05) is 0 Å². The molecule has 0 saturated carbocycles. The molecule has 1 aliphatic rings. The molecule has 4 N–H and O–H groups in total. The Bertz CT molecular complexity index is 559. The second-order valence-corrected chi connectivity index (χ2v) is 6.71. The van der Waals surface area contributed by atoms with Gasteiger partial charge in [0.2, 0.25) is 5.91 Å². The quantitative estimate of drug-likeness (QED) is 0.721. The maximum atomic E-state index is 11.9. The highest BCUT2D eigenvalue weighted by molar-refractivity contribution is 7.99. The molecule has 6 nitrogen and oxygen atoms in total. The third-order valence-corrected chi connectivity index (χ3v) is 5.62. The van der Waals surface area contributed by atoms with Crippen molar-refractivity contribution in [2.45, 2.75) is 24.3 Å². The van der Waals surface area contributed by atoms with E-state index in [1.807, 2.05) is 6.26 Å². The highest BCUT2D eigenvalue weighted by atomic mass is 32.2. The van der Waals surface area contributed by atoms with E-state index in [1.165, 1.54) is 18.3 Å². The first-order valence-electron chi connectivity index (χ1n) is 6.68. The molecule has 1 aliphatic heterocycles. The summed E-state index contributed by atoms with van der Waals surface area (Å²) in [6, 6.07) is 0.156. The zero-order valence-electron chi connectivity index (χ0n) is 12.4. The maximum Gasteiger partial charge on any atom is 0.263 e. The van der Waals surface area contributed by atoms with Gasteiger partial charge < -0.3 is 21.3 Å². The topological polar surface area (TPSA) is 87.5 Å². The van der Waals surface area contributed by atoms with E-state index in [-0.39, 0.29) is 17.9 Å². The summed E-state index contributed by atoms with van der Waals surface area (Å²) < 4.78 is 0. The maximum absolute atomic E-state index is 11.9. The largest absolute Gasteiger partial charge is 0.396 e. The van der Waals surface area contributed by atoms with Crippen LogP contribution in [-0.2, 0) is 4.79 Å². The Morgan fingerprint density at radius 1 is 1.48 bits per heavy atom. The summed E-state index contributed by atoms with van der Waals surface area (Å²) in [7, 11) is 1.60. The summed E-state index contributed by atoms with van der Waals surface area (Å²) in [5.74, 6) is -0.166. The molecular weight excluding hydrogens is 308 g/mol. The fourth-order valence-electron chi connectivity index (χ4n) is 2.45. The van der Waals surface area contributed by atoms with Crippen molar-refractivity contribution in [3.8, 4) is 0 Å². The number of anilines is 2. The molecule has 8 heteroatoms. The molecule has 21 heavy (non-hydrogen) atoms. The van der Waals surface area contributed by atoms with Crippen molar-refractivity contribution < 1.29 is 9.59 Å². The number of nitrogens with one attached hydrogen (secondary N) is 2. The molecule has 1 aromatic heterocycles. The number of nitrogen functional groups attached to an aromatic ring is 1. The summed E-state index contributed by atoms with van der Waals surface area (Å²) in [6.07, 6.45) is 2.86. The number of carbonyl (C=O) groups is 2. The van der Waals surface area contributed by atoms with Gasteiger partial charge in [0.05, 0.1) is 10.6 Å². The van der Waals surface area contributed by atoms with Crippen molar-refractivity contribution in [3.05, 3.63) is 4.88 Å². The van der Waals surface area contributed by atoms with Gasteiger partial charge in [0.15, 0.2) is 0 Å². The number of thioether (sulfide) groups is 1. The van der Waals surface area contributed by atoms with Gasteiger partial charge in [-0.3, -0.25) is 9.59 Å². The predicted octanol–water partition coefficient (Wildman–Crippen LogP) is 1.13. The van der Waals surface area contributed by atoms with Crippen LogP contribution in [-0.4, -0.2) is 44.2 Å². The van der Waals surface area contributed by atoms with Crippen molar-refractivity contribution in [1.29, 1.82) is 0 Å². The number of carbonyl (C=O) groups excluding carboxylic acids is 2. The van der Waals surface area contributed by atoms with Crippen LogP contribution in [0.4, 0.5) is 10.7 Å². The monoisotopic (exact) mass is 328 g/mol. The molecule has 0 aromatic carbocycles. The van der Waals surface area contributed by atoms with Crippen molar-refractivity contribution in [2.75, 3.05) is 37.0 Å². The molecule has 1 atom stereocenters. The number of hydrogen-bond acceptors (Lipinski definition) is 6. The van der Waals surface area contributed by atoms with Gasteiger partial charge in [-0.15, -0.1) is 23.1 Å². The predicted molar refractivity (Wildman–Crippen MR) is 88.3 cm³/mol. The second-order valence-electron chi connectivity index (χ2n) is 4.89. The first-order valence-corrected chi connectivity index (χ1v) is 8.72. The second kappa shape index (κ2) is 6.57. The number of nitrogens with two attached hydrogens (primary N) is 1. The van der Waals surface area contributed by atoms with Gasteiger partial charge in [0, 0.05) is 33.1 Å². The van der Waals surface area contributed by atoms with Crippen LogP contribution < -0.4 is 21.3 Å². The molecule has 0 bridgehead atoms. The molecule has 0 spiro atoms. The highest BCUT2D eigenvalue weighted by Crippen LogP contribution is 2.44. The SMILES string of the molecule is CNC(=O)c1sc(N2CCC(NC(C)=O)C2)c(SC)c1N. The van der Waals surface area contributed by atoms with E-state index in [2.05, 4.69) is 15.5 Å². The normalized spacial score (nSPS) is 17.9. The van der Waals surface area contributed by atoms with Crippen LogP contribution in [0.15, 0.2) is 4.90 Å². The molecule has 2 rings (SSSR count). The van der Waals surface area contributed by atoms with Crippen molar-refractivity contribution >= 4 is 45.6 Å². The van der Waals surface area contributed by atoms with Crippen molar-refractivity contribution in [3.63, 3.8) is 0 Å². The van der Waals surface area contributed by atoms with Crippen LogP contribution in [0.5, 0.6) is 0 Å². The summed E-state index contributed by atoms with van der Waals surface area (Å²) in [5, 5.41) is 6.58. The smallest absolute Gasteiger partial charge is 0.263 e. The zero-order chi connectivity index (χ0) is 15.6. The van der Waals surface area contributed by atoms with Crippen LogP contribution >= 0.6 is 23.1 Å². The van der Waals surface area contributed by atoms with Crippen LogP contribution in [0.25, 0.3) is 0 Å². The van der Waals surface area contributed by atoms with Gasteiger partial charge in [-0.05, 0) is 12.7 Å². The summed E-state index contributed by atoms with van der Waals surface area (Å²) in [4.78, 5) is 26.7. The minimum atomic E-state index is -0.156. The number of nitrogens with zero attached hydrogens (tertiary/aromatic N) is 1. The molecule has 1 aromatic rings. The van der Waals surface area contributed by atoms with E-state index in [9.17, 15) is 9.59 Å². The lowest BCUT2D eigenvalue weighted by Gasteiger charge is -2.18. The fraction of sp³-hybridized carbons (Fsp3) is 0.538. The third kappa shape index (κ3) is 3.26. The molecule has 1 fully saturated rings. The van der Waals surface area contributed by atoms with Crippen molar-refractivity contribution in [1.82, 2.24) is 10.6 Å². The van der Waals surface area contributed by atoms with E-state index in [0.29, 0.717) is 10.6 Å². The van der Waals surface area contributed by atoms with Crippen LogP contribution in [0, 0.1) is 0 Å². The Labute approximate surface area is 132 Å². The molecule has 2 amide bonds. The number of thiophene rings is 1. The molecule has 0 aliphatic carbocycles. The molecule has 1 saturated heterocycles. The average Bonchev–Trinajstić information content (AvgIpc) is 3.01. The summed E-state index contributed by atoms with van der Waals surface area (Å²) in [5.41, 5.74) is 6.65. The number of amides is 2. The summed E-state index contributed by atoms with van der Waals surface area (Å²) >= 11 is 2.97. The van der Waals surface area contributed by atoms with Crippen LogP contribution in [0.2, 0.25) is 0 Å². The van der Waals surface area contributed by atoms with Crippen LogP contribution in [0.1, 0.15) is 23.0 Å². The minimum Gasteiger partial charge on any atom is -0.396 e. The lowest BCUT2D eigenvalue weighted by atomic mass is 10.3. The Balaban J connectivity index is 2.24. The van der Waals surface area contributed by atoms with E-state index in [1.54, 1.807) is 18.8 Å². The van der Waals surface area contributed by atoms with Gasteiger partial charge in [-0.2, -0.15) is 0 Å². The highest BCUT2D eigenvalue weighted by Gasteiger charge is 2.29. The third-order valence-electron chi connectivity index (χ3n) is 3.40. The zero-order valence-corrected chi connectivity index (χ0v) is 14.0. The Morgan fingerprint density at radius 2 is 2.19 bits per heavy atom. The number of rotatable bonds is 4. The molecule has 0 radical (unpaired) electrons. The number of hydrogen-bond donors (Lipinski definition) is 3. The first-order chi connectivity index (χ1) is 9.97. The summed E-state index contributed by atoms with van der Waals surface area (Å²) in [6.45, 7) is 3.13.